The van der Waals surface area contributed by atoms with Crippen molar-refractivity contribution in [3.63, 3.8) is 0 Å². The lowest BCUT2D eigenvalue weighted by Gasteiger charge is -2.29. The first-order chi connectivity index (χ1) is 15.3. The average molecular weight is 513 g/mol. The van der Waals surface area contributed by atoms with Gasteiger partial charge in [0.05, 0.1) is 4.90 Å². The fourth-order valence-corrected chi connectivity index (χ4v) is 5.04. The maximum Gasteiger partial charge on any atom is 0.243 e. The highest BCUT2D eigenvalue weighted by Crippen LogP contribution is 2.28. The number of sulfonamides is 1. The molecule has 0 unspecified atom stereocenters. The van der Waals surface area contributed by atoms with E-state index >= 15 is 0 Å². The van der Waals surface area contributed by atoms with Crippen molar-refractivity contribution in [3.8, 4) is 0 Å². The molecule has 5 nitrogen and oxygen atoms in total. The van der Waals surface area contributed by atoms with Gasteiger partial charge in [0.2, 0.25) is 10.0 Å². The molecule has 32 heavy (non-hydrogen) atoms. The predicted molar refractivity (Wildman–Crippen MR) is 124 cm³/mol. The van der Waals surface area contributed by atoms with Crippen molar-refractivity contribution < 1.29 is 17.6 Å². The zero-order valence-electron chi connectivity index (χ0n) is 16.8. The number of ketones is 1. The van der Waals surface area contributed by atoms with Crippen molar-refractivity contribution in [2.75, 3.05) is 13.1 Å². The Morgan fingerprint density at radius 1 is 0.906 bits per heavy atom. The highest BCUT2D eigenvalue weighted by Gasteiger charge is 2.34. The second-order valence-electron chi connectivity index (χ2n) is 7.20. The number of hydrogen-bond acceptors (Lipinski definition) is 4. The molecule has 2 aromatic carbocycles. The fourth-order valence-electron chi connectivity index (χ4n) is 3.37. The molecular formula is C24H18BrFN2O3S. The molecule has 0 saturated carbocycles. The van der Waals surface area contributed by atoms with Gasteiger partial charge in [0.1, 0.15) is 5.82 Å². The molecule has 1 aliphatic rings. The second kappa shape index (κ2) is 9.28. The average Bonchev–Trinajstić information content (AvgIpc) is 2.79. The lowest BCUT2D eigenvalue weighted by Crippen LogP contribution is -2.41. The van der Waals surface area contributed by atoms with Crippen molar-refractivity contribution in [1.82, 2.24) is 9.29 Å². The Balaban J connectivity index is 1.79. The van der Waals surface area contributed by atoms with Gasteiger partial charge in [0.15, 0.2) is 5.78 Å². The lowest BCUT2D eigenvalue weighted by atomic mass is 9.95. The van der Waals surface area contributed by atoms with E-state index in [0.717, 1.165) is 10.0 Å². The van der Waals surface area contributed by atoms with Crippen LogP contribution in [0.1, 0.15) is 11.1 Å². The van der Waals surface area contributed by atoms with Gasteiger partial charge in [-0.05, 0) is 60.2 Å². The Hall–Kier alpha value is -2.94. The number of hydrogen-bond donors (Lipinski definition) is 0. The number of carbonyl (C=O) groups excluding carboxylic acids is 1. The van der Waals surface area contributed by atoms with Crippen LogP contribution < -0.4 is 0 Å². The number of carbonyl (C=O) groups is 1. The molecule has 3 aromatic rings. The van der Waals surface area contributed by atoms with Crippen molar-refractivity contribution in [1.29, 1.82) is 0 Å². The summed E-state index contributed by atoms with van der Waals surface area (Å²) in [6.45, 7) is -0.243. The molecule has 8 heteroatoms. The van der Waals surface area contributed by atoms with Crippen molar-refractivity contribution in [2.45, 2.75) is 4.90 Å². The van der Waals surface area contributed by atoms with Gasteiger partial charge in [-0.25, -0.2) is 12.8 Å². The molecule has 0 aliphatic carbocycles. The summed E-state index contributed by atoms with van der Waals surface area (Å²) in [5, 5.41) is 0. The van der Waals surface area contributed by atoms with Crippen molar-refractivity contribution in [2.24, 2.45) is 0 Å². The van der Waals surface area contributed by atoms with Crippen LogP contribution in [0.5, 0.6) is 0 Å². The number of aromatic nitrogens is 1. The number of rotatable bonds is 4. The summed E-state index contributed by atoms with van der Waals surface area (Å²) in [6, 6.07) is 15.8. The molecule has 1 saturated heterocycles. The van der Waals surface area contributed by atoms with Crippen LogP contribution in [0.3, 0.4) is 0 Å². The quantitative estimate of drug-likeness (QED) is 0.474. The zero-order valence-corrected chi connectivity index (χ0v) is 19.2. The van der Waals surface area contributed by atoms with Gasteiger partial charge in [-0.15, -0.1) is 0 Å². The molecule has 4 rings (SSSR count). The number of pyridine rings is 1. The molecule has 0 atom stereocenters. The molecule has 0 N–H and O–H groups in total. The van der Waals surface area contributed by atoms with Crippen molar-refractivity contribution in [3.05, 3.63) is 106 Å². The molecule has 1 aliphatic heterocycles. The van der Waals surface area contributed by atoms with Crippen LogP contribution in [0.15, 0.2) is 93.6 Å². The highest BCUT2D eigenvalue weighted by molar-refractivity contribution is 9.10. The maximum absolute atomic E-state index is 14.2. The number of halogens is 2. The summed E-state index contributed by atoms with van der Waals surface area (Å²) in [4.78, 5) is 17.3. The van der Waals surface area contributed by atoms with Gasteiger partial charge in [-0.3, -0.25) is 9.78 Å². The highest BCUT2D eigenvalue weighted by atomic mass is 79.9. The smallest absolute Gasteiger partial charge is 0.243 e. The number of Topliss-reactive ketones (excluding diaryl/α,β-unsaturated/α-hetero) is 1. The molecule has 162 valence electrons. The zero-order chi connectivity index (χ0) is 22.7. The van der Waals surface area contributed by atoms with E-state index in [9.17, 15) is 17.6 Å². The predicted octanol–water partition coefficient (Wildman–Crippen LogP) is 4.72. The first-order valence-corrected chi connectivity index (χ1v) is 11.9. The second-order valence-corrected chi connectivity index (χ2v) is 10.1. The molecule has 1 fully saturated rings. The third-order valence-corrected chi connectivity index (χ3v) is 7.34. The number of nitrogens with zero attached hydrogens (tertiary/aromatic N) is 2. The number of piperidine rings is 1. The molecule has 2 heterocycles. The molecule has 0 radical (unpaired) electrons. The summed E-state index contributed by atoms with van der Waals surface area (Å²) in [7, 11) is -3.89. The first kappa shape index (κ1) is 22.3. The minimum Gasteiger partial charge on any atom is -0.289 e. The SMILES string of the molecule is O=C1/C(=C/c2ccncc2)CN(S(=O)(=O)c2ccc(Br)cc2)C/C1=C\c1ccccc1F. The molecule has 0 bridgehead atoms. The monoisotopic (exact) mass is 512 g/mol. The minimum absolute atomic E-state index is 0.0891. The summed E-state index contributed by atoms with van der Waals surface area (Å²) in [5.41, 5.74) is 1.44. The Morgan fingerprint density at radius 3 is 2.19 bits per heavy atom. The van der Waals surface area contributed by atoms with Crippen LogP contribution in [0, 0.1) is 5.82 Å². The van der Waals surface area contributed by atoms with Gasteiger partial charge in [-0.1, -0.05) is 34.1 Å². The maximum atomic E-state index is 14.2. The third-order valence-electron chi connectivity index (χ3n) is 5.01. The van der Waals surface area contributed by atoms with E-state index in [4.69, 9.17) is 0 Å². The Kier molecular flexibility index (Phi) is 6.45. The van der Waals surface area contributed by atoms with E-state index < -0.39 is 15.8 Å². The minimum atomic E-state index is -3.89. The molecular weight excluding hydrogens is 495 g/mol. The van der Waals surface area contributed by atoms with Crippen LogP contribution >= 0.6 is 15.9 Å². The van der Waals surface area contributed by atoms with E-state index in [1.165, 1.54) is 28.6 Å². The van der Waals surface area contributed by atoms with E-state index in [-0.39, 0.29) is 34.9 Å². The van der Waals surface area contributed by atoms with E-state index in [1.807, 2.05) is 0 Å². The van der Waals surface area contributed by atoms with E-state index in [2.05, 4.69) is 20.9 Å². The summed E-state index contributed by atoms with van der Waals surface area (Å²) in [5.74, 6) is -0.798. The van der Waals surface area contributed by atoms with Crippen LogP contribution in [0.25, 0.3) is 12.2 Å². The van der Waals surface area contributed by atoms with Gasteiger partial charge in [-0.2, -0.15) is 4.31 Å². The Labute approximate surface area is 194 Å². The van der Waals surface area contributed by atoms with E-state index in [1.54, 1.807) is 60.9 Å². The molecule has 0 amide bonds. The molecule has 1 aromatic heterocycles. The number of benzene rings is 2. The third kappa shape index (κ3) is 4.77. The largest absolute Gasteiger partial charge is 0.289 e. The van der Waals surface area contributed by atoms with Gasteiger partial charge < -0.3 is 0 Å². The van der Waals surface area contributed by atoms with Crippen LogP contribution in [-0.4, -0.2) is 36.6 Å². The van der Waals surface area contributed by atoms with Gasteiger partial charge in [0.25, 0.3) is 0 Å². The van der Waals surface area contributed by atoms with Crippen molar-refractivity contribution >= 4 is 43.9 Å². The van der Waals surface area contributed by atoms with E-state index in [0.29, 0.717) is 5.57 Å². The van der Waals surface area contributed by atoms with Crippen LogP contribution in [0.4, 0.5) is 4.39 Å². The van der Waals surface area contributed by atoms with Crippen LogP contribution in [0.2, 0.25) is 0 Å². The molecule has 0 spiro atoms. The fraction of sp³-hybridized carbons (Fsp3) is 0.0833. The summed E-state index contributed by atoms with van der Waals surface area (Å²) < 4.78 is 42.9. The van der Waals surface area contributed by atoms with Gasteiger partial charge >= 0.3 is 0 Å². The standard InChI is InChI=1S/C24H18BrFN2O3S/c25-21-5-7-22(8-6-21)32(30,31)28-15-19(13-17-9-11-27-12-10-17)24(29)20(16-28)14-18-3-1-2-4-23(18)26/h1-14H,15-16H2/b19-13+,20-14+. The Morgan fingerprint density at radius 2 is 1.53 bits per heavy atom. The first-order valence-electron chi connectivity index (χ1n) is 9.71. The summed E-state index contributed by atoms with van der Waals surface area (Å²) >= 11 is 3.30. The Bertz CT molecular complexity index is 1320. The topological polar surface area (TPSA) is 67.3 Å². The lowest BCUT2D eigenvalue weighted by molar-refractivity contribution is -0.113. The van der Waals surface area contributed by atoms with Gasteiger partial charge in [0, 0.05) is 46.7 Å². The van der Waals surface area contributed by atoms with Crippen LogP contribution in [-0.2, 0) is 14.8 Å². The normalized spacial score (nSPS) is 17.8. The summed E-state index contributed by atoms with van der Waals surface area (Å²) in [6.07, 6.45) is 6.24.